The molecule has 1 atom stereocenters. The van der Waals surface area contributed by atoms with Gasteiger partial charge in [-0.3, -0.25) is 0 Å². The maximum absolute atomic E-state index is 12.8. The standard InChI is InChI=1S/C14H13ClF3NO/c1-8(19-2)12-3-4-13(20-12)9-5-10(14(16,17)18)7-11(15)6-9/h3-8,19H,1-2H3. The van der Waals surface area contributed by atoms with Crippen LogP contribution in [-0.2, 0) is 6.18 Å². The summed E-state index contributed by atoms with van der Waals surface area (Å²) >= 11 is 5.75. The van der Waals surface area contributed by atoms with Crippen LogP contribution in [0, 0.1) is 0 Å². The van der Waals surface area contributed by atoms with Gasteiger partial charge < -0.3 is 9.73 Å². The van der Waals surface area contributed by atoms with Gasteiger partial charge in [0.05, 0.1) is 11.6 Å². The summed E-state index contributed by atoms with van der Waals surface area (Å²) in [6.07, 6.45) is -4.44. The van der Waals surface area contributed by atoms with E-state index in [1.165, 1.54) is 6.07 Å². The lowest BCUT2D eigenvalue weighted by Gasteiger charge is -2.09. The van der Waals surface area contributed by atoms with Crippen LogP contribution in [0.4, 0.5) is 13.2 Å². The van der Waals surface area contributed by atoms with Gasteiger partial charge in [0, 0.05) is 10.6 Å². The highest BCUT2D eigenvalue weighted by atomic mass is 35.5. The molecule has 0 bridgehead atoms. The molecule has 2 rings (SSSR count). The molecular weight excluding hydrogens is 291 g/mol. The molecular formula is C14H13ClF3NO. The van der Waals surface area contributed by atoms with E-state index in [4.69, 9.17) is 16.0 Å². The highest BCUT2D eigenvalue weighted by Crippen LogP contribution is 2.35. The first-order valence-corrected chi connectivity index (χ1v) is 6.34. The van der Waals surface area contributed by atoms with Gasteiger partial charge in [-0.2, -0.15) is 13.2 Å². The fourth-order valence-corrected chi connectivity index (χ4v) is 2.01. The summed E-state index contributed by atoms with van der Waals surface area (Å²) in [4.78, 5) is 0. The second-order valence-corrected chi connectivity index (χ2v) is 4.88. The van der Waals surface area contributed by atoms with Crippen molar-refractivity contribution in [2.45, 2.75) is 19.1 Å². The molecule has 1 N–H and O–H groups in total. The molecule has 1 aromatic heterocycles. The minimum absolute atomic E-state index is 0.0226. The zero-order valence-corrected chi connectivity index (χ0v) is 11.6. The third-order valence-electron chi connectivity index (χ3n) is 3.00. The second-order valence-electron chi connectivity index (χ2n) is 4.44. The summed E-state index contributed by atoms with van der Waals surface area (Å²) < 4.78 is 43.8. The Bertz CT molecular complexity index is 607. The predicted octanol–water partition coefficient (Wildman–Crippen LogP) is 4.90. The fraction of sp³-hybridized carbons (Fsp3) is 0.286. The van der Waals surface area contributed by atoms with E-state index in [0.29, 0.717) is 17.1 Å². The minimum Gasteiger partial charge on any atom is -0.459 e. The number of hydrogen-bond acceptors (Lipinski definition) is 2. The molecule has 20 heavy (non-hydrogen) atoms. The molecule has 0 saturated carbocycles. The zero-order chi connectivity index (χ0) is 14.9. The summed E-state index contributed by atoms with van der Waals surface area (Å²) in [5.41, 5.74) is -0.487. The number of nitrogens with one attached hydrogen (secondary N) is 1. The van der Waals surface area contributed by atoms with Crippen LogP contribution in [0.3, 0.4) is 0 Å². The molecule has 2 nitrogen and oxygen atoms in total. The molecule has 2 aromatic rings. The Morgan fingerprint density at radius 2 is 1.90 bits per heavy atom. The van der Waals surface area contributed by atoms with Crippen molar-refractivity contribution in [2.75, 3.05) is 7.05 Å². The third kappa shape index (κ3) is 3.16. The molecule has 0 aliphatic rings. The highest BCUT2D eigenvalue weighted by Gasteiger charge is 2.31. The van der Waals surface area contributed by atoms with Gasteiger partial charge in [-0.25, -0.2) is 0 Å². The van der Waals surface area contributed by atoms with Gasteiger partial charge in [-0.05, 0) is 44.3 Å². The summed E-state index contributed by atoms with van der Waals surface area (Å²) in [7, 11) is 1.77. The van der Waals surface area contributed by atoms with E-state index in [1.807, 2.05) is 6.92 Å². The molecule has 0 fully saturated rings. The maximum atomic E-state index is 12.8. The van der Waals surface area contributed by atoms with Crippen LogP contribution in [0.15, 0.2) is 34.7 Å². The van der Waals surface area contributed by atoms with Crippen molar-refractivity contribution in [3.05, 3.63) is 46.7 Å². The van der Waals surface area contributed by atoms with Crippen molar-refractivity contribution in [1.82, 2.24) is 5.32 Å². The number of hydrogen-bond donors (Lipinski definition) is 1. The van der Waals surface area contributed by atoms with Crippen molar-refractivity contribution in [3.8, 4) is 11.3 Å². The molecule has 1 heterocycles. The van der Waals surface area contributed by atoms with Crippen molar-refractivity contribution in [3.63, 3.8) is 0 Å². The van der Waals surface area contributed by atoms with E-state index in [0.717, 1.165) is 12.1 Å². The highest BCUT2D eigenvalue weighted by molar-refractivity contribution is 6.30. The van der Waals surface area contributed by atoms with Gasteiger partial charge in [0.25, 0.3) is 0 Å². The van der Waals surface area contributed by atoms with Gasteiger partial charge in [0.15, 0.2) is 0 Å². The molecule has 1 unspecified atom stereocenters. The lowest BCUT2D eigenvalue weighted by atomic mass is 10.1. The van der Waals surface area contributed by atoms with Gasteiger partial charge >= 0.3 is 6.18 Å². The first kappa shape index (κ1) is 14.9. The average Bonchev–Trinajstić information content (AvgIpc) is 2.85. The van der Waals surface area contributed by atoms with Crippen molar-refractivity contribution >= 4 is 11.6 Å². The summed E-state index contributed by atoms with van der Waals surface area (Å²) in [5, 5.41) is 3.02. The van der Waals surface area contributed by atoms with Gasteiger partial charge in [0.1, 0.15) is 11.5 Å². The lowest BCUT2D eigenvalue weighted by Crippen LogP contribution is -2.11. The molecule has 0 amide bonds. The number of furan rings is 1. The third-order valence-corrected chi connectivity index (χ3v) is 3.21. The van der Waals surface area contributed by atoms with Crippen LogP contribution in [-0.4, -0.2) is 7.05 Å². The molecule has 0 spiro atoms. The Hall–Kier alpha value is -1.46. The van der Waals surface area contributed by atoms with E-state index < -0.39 is 11.7 Å². The topological polar surface area (TPSA) is 25.2 Å². The summed E-state index contributed by atoms with van der Waals surface area (Å²) in [6.45, 7) is 1.89. The quantitative estimate of drug-likeness (QED) is 0.872. The molecule has 6 heteroatoms. The zero-order valence-electron chi connectivity index (χ0n) is 10.9. The Morgan fingerprint density at radius 3 is 2.50 bits per heavy atom. The van der Waals surface area contributed by atoms with E-state index in [1.54, 1.807) is 19.2 Å². The second kappa shape index (κ2) is 5.50. The molecule has 0 saturated heterocycles. The number of halogens is 4. The lowest BCUT2D eigenvalue weighted by molar-refractivity contribution is -0.137. The Morgan fingerprint density at radius 1 is 1.20 bits per heavy atom. The summed E-state index contributed by atoms with van der Waals surface area (Å²) in [6, 6.07) is 6.71. The largest absolute Gasteiger partial charge is 0.459 e. The van der Waals surface area contributed by atoms with Crippen molar-refractivity contribution in [1.29, 1.82) is 0 Å². The van der Waals surface area contributed by atoms with Crippen LogP contribution >= 0.6 is 11.6 Å². The number of benzene rings is 1. The molecule has 1 aromatic carbocycles. The van der Waals surface area contributed by atoms with Gasteiger partial charge in [0.2, 0.25) is 0 Å². The van der Waals surface area contributed by atoms with Crippen LogP contribution in [0.2, 0.25) is 5.02 Å². The predicted molar refractivity (Wildman–Crippen MR) is 71.6 cm³/mol. The maximum Gasteiger partial charge on any atom is 0.416 e. The fourth-order valence-electron chi connectivity index (χ4n) is 1.78. The minimum atomic E-state index is -4.44. The van der Waals surface area contributed by atoms with Crippen LogP contribution < -0.4 is 5.32 Å². The van der Waals surface area contributed by atoms with Gasteiger partial charge in [-0.1, -0.05) is 11.6 Å². The SMILES string of the molecule is CNC(C)c1ccc(-c2cc(Cl)cc(C(F)(F)F)c2)o1. The Kier molecular flexibility index (Phi) is 4.11. The van der Waals surface area contributed by atoms with E-state index >= 15 is 0 Å². The molecule has 0 aliphatic heterocycles. The normalized spacial score (nSPS) is 13.5. The van der Waals surface area contributed by atoms with E-state index in [9.17, 15) is 13.2 Å². The molecule has 0 aliphatic carbocycles. The number of rotatable bonds is 3. The van der Waals surface area contributed by atoms with Crippen LogP contribution in [0.25, 0.3) is 11.3 Å². The first-order valence-electron chi connectivity index (χ1n) is 5.96. The summed E-state index contributed by atoms with van der Waals surface area (Å²) in [5.74, 6) is 1.01. The Labute approximate surface area is 119 Å². The van der Waals surface area contributed by atoms with E-state index in [-0.39, 0.29) is 11.1 Å². The monoisotopic (exact) mass is 303 g/mol. The van der Waals surface area contributed by atoms with Crippen LogP contribution in [0.5, 0.6) is 0 Å². The first-order chi connectivity index (χ1) is 9.31. The average molecular weight is 304 g/mol. The van der Waals surface area contributed by atoms with Crippen LogP contribution in [0.1, 0.15) is 24.3 Å². The van der Waals surface area contributed by atoms with E-state index in [2.05, 4.69) is 5.32 Å². The van der Waals surface area contributed by atoms with Crippen molar-refractivity contribution in [2.24, 2.45) is 0 Å². The number of alkyl halides is 3. The smallest absolute Gasteiger partial charge is 0.416 e. The van der Waals surface area contributed by atoms with Crippen molar-refractivity contribution < 1.29 is 17.6 Å². The van der Waals surface area contributed by atoms with Gasteiger partial charge in [-0.15, -0.1) is 0 Å². The Balaban J connectivity index is 2.42. The molecule has 108 valence electrons. The molecule has 0 radical (unpaired) electrons.